The Hall–Kier alpha value is -2.60. The molecule has 0 spiro atoms. The standard InChI is InChI=1S/C14H10N2O3S/c17-13(16-12-4-3-11(20-12)14(18)19)9-2-1-8-5-6-15-10(8)7-9/h1-7,15H,(H,16,17)(H,18,19). The Balaban J connectivity index is 1.82. The van der Waals surface area contributed by atoms with Crippen LogP contribution in [0.25, 0.3) is 10.9 Å². The van der Waals surface area contributed by atoms with E-state index in [-0.39, 0.29) is 10.8 Å². The molecule has 2 heterocycles. The number of hydrogen-bond acceptors (Lipinski definition) is 3. The second kappa shape index (κ2) is 4.82. The van der Waals surface area contributed by atoms with Crippen LogP contribution in [-0.2, 0) is 0 Å². The number of aromatic amines is 1. The Morgan fingerprint density at radius 2 is 2.00 bits per heavy atom. The van der Waals surface area contributed by atoms with E-state index in [1.54, 1.807) is 18.2 Å². The largest absolute Gasteiger partial charge is 0.477 e. The van der Waals surface area contributed by atoms with Crippen molar-refractivity contribution in [3.63, 3.8) is 0 Å². The predicted octanol–water partition coefficient (Wildman–Crippen LogP) is 3.18. The van der Waals surface area contributed by atoms with Gasteiger partial charge in [-0.05, 0) is 35.7 Å². The highest BCUT2D eigenvalue weighted by Gasteiger charge is 2.11. The Kier molecular flexibility index (Phi) is 3.00. The minimum atomic E-state index is -0.997. The molecule has 0 saturated carbocycles. The van der Waals surface area contributed by atoms with Crippen LogP contribution in [-0.4, -0.2) is 22.0 Å². The second-order valence-corrected chi connectivity index (χ2v) is 5.29. The molecule has 0 aliphatic carbocycles. The lowest BCUT2D eigenvalue weighted by Gasteiger charge is -2.02. The van der Waals surface area contributed by atoms with Crippen molar-refractivity contribution < 1.29 is 14.7 Å². The first-order chi connectivity index (χ1) is 9.63. The van der Waals surface area contributed by atoms with Crippen LogP contribution in [0.1, 0.15) is 20.0 Å². The molecule has 0 unspecified atom stereocenters. The van der Waals surface area contributed by atoms with Gasteiger partial charge in [0, 0.05) is 17.3 Å². The van der Waals surface area contributed by atoms with Gasteiger partial charge in [0.05, 0.1) is 5.00 Å². The van der Waals surface area contributed by atoms with E-state index in [1.165, 1.54) is 6.07 Å². The second-order valence-electron chi connectivity index (χ2n) is 4.20. The summed E-state index contributed by atoms with van der Waals surface area (Å²) in [5.74, 6) is -1.26. The van der Waals surface area contributed by atoms with Crippen LogP contribution in [0.4, 0.5) is 5.00 Å². The molecular weight excluding hydrogens is 276 g/mol. The molecule has 1 amide bonds. The summed E-state index contributed by atoms with van der Waals surface area (Å²) in [7, 11) is 0. The van der Waals surface area contributed by atoms with Crippen LogP contribution < -0.4 is 5.32 Å². The number of carboxylic acids is 1. The van der Waals surface area contributed by atoms with Crippen molar-refractivity contribution in [1.82, 2.24) is 4.98 Å². The van der Waals surface area contributed by atoms with Crippen LogP contribution in [0.15, 0.2) is 42.6 Å². The average Bonchev–Trinajstić information content (AvgIpc) is 3.05. The van der Waals surface area contributed by atoms with Crippen molar-refractivity contribution in [1.29, 1.82) is 0 Å². The van der Waals surface area contributed by atoms with Gasteiger partial charge in [-0.1, -0.05) is 6.07 Å². The number of carboxylic acid groups (broad SMARTS) is 1. The SMILES string of the molecule is O=C(Nc1ccc(C(=O)O)s1)c1ccc2cc[nH]c2c1. The van der Waals surface area contributed by atoms with E-state index in [1.807, 2.05) is 18.3 Å². The highest BCUT2D eigenvalue weighted by molar-refractivity contribution is 7.18. The van der Waals surface area contributed by atoms with E-state index in [0.29, 0.717) is 10.6 Å². The quantitative estimate of drug-likeness (QED) is 0.691. The molecule has 5 nitrogen and oxygen atoms in total. The monoisotopic (exact) mass is 286 g/mol. The number of H-pyrrole nitrogens is 1. The van der Waals surface area contributed by atoms with Crippen molar-refractivity contribution in [3.8, 4) is 0 Å². The Labute approximate surface area is 117 Å². The first kappa shape index (κ1) is 12.4. The van der Waals surface area contributed by atoms with Crippen LogP contribution in [0.2, 0.25) is 0 Å². The number of anilines is 1. The molecule has 1 aromatic carbocycles. The zero-order valence-electron chi connectivity index (χ0n) is 10.2. The summed E-state index contributed by atoms with van der Waals surface area (Å²) in [6.45, 7) is 0. The maximum absolute atomic E-state index is 12.1. The van der Waals surface area contributed by atoms with Gasteiger partial charge < -0.3 is 15.4 Å². The number of hydrogen-bond donors (Lipinski definition) is 3. The summed E-state index contributed by atoms with van der Waals surface area (Å²) < 4.78 is 0. The van der Waals surface area contributed by atoms with E-state index in [2.05, 4.69) is 10.3 Å². The highest BCUT2D eigenvalue weighted by Crippen LogP contribution is 2.23. The van der Waals surface area contributed by atoms with Gasteiger partial charge in [0.2, 0.25) is 0 Å². The fourth-order valence-electron chi connectivity index (χ4n) is 1.89. The lowest BCUT2D eigenvalue weighted by Crippen LogP contribution is -2.10. The van der Waals surface area contributed by atoms with Crippen molar-refractivity contribution in [2.24, 2.45) is 0 Å². The molecule has 3 N–H and O–H groups in total. The molecular formula is C14H10N2O3S. The number of amides is 1. The van der Waals surface area contributed by atoms with E-state index in [9.17, 15) is 9.59 Å². The minimum absolute atomic E-state index is 0.195. The van der Waals surface area contributed by atoms with Gasteiger partial charge >= 0.3 is 5.97 Å². The number of nitrogens with one attached hydrogen (secondary N) is 2. The van der Waals surface area contributed by atoms with Gasteiger partial charge in [-0.25, -0.2) is 4.79 Å². The summed E-state index contributed by atoms with van der Waals surface area (Å²) in [5.41, 5.74) is 1.40. The topological polar surface area (TPSA) is 82.2 Å². The van der Waals surface area contributed by atoms with Gasteiger partial charge in [0.25, 0.3) is 5.91 Å². The van der Waals surface area contributed by atoms with Gasteiger partial charge in [-0.15, -0.1) is 11.3 Å². The zero-order chi connectivity index (χ0) is 14.1. The number of aromatic carboxylic acids is 1. The maximum atomic E-state index is 12.1. The lowest BCUT2D eigenvalue weighted by molar-refractivity contribution is 0.0702. The summed E-state index contributed by atoms with van der Waals surface area (Å²) in [4.78, 5) is 26.1. The normalized spacial score (nSPS) is 10.6. The molecule has 2 aromatic heterocycles. The van der Waals surface area contributed by atoms with E-state index < -0.39 is 5.97 Å². The predicted molar refractivity (Wildman–Crippen MR) is 77.5 cm³/mol. The molecule has 0 aliphatic heterocycles. The molecule has 0 bridgehead atoms. The molecule has 0 aliphatic rings. The summed E-state index contributed by atoms with van der Waals surface area (Å²) in [6, 6.07) is 10.3. The summed E-state index contributed by atoms with van der Waals surface area (Å²) in [6.07, 6.45) is 1.81. The molecule has 0 saturated heterocycles. The van der Waals surface area contributed by atoms with Crippen LogP contribution >= 0.6 is 11.3 Å². The smallest absolute Gasteiger partial charge is 0.345 e. The molecule has 3 aromatic rings. The molecule has 0 fully saturated rings. The number of benzene rings is 1. The van der Waals surface area contributed by atoms with Crippen molar-refractivity contribution in [2.75, 3.05) is 5.32 Å². The van der Waals surface area contributed by atoms with Gasteiger partial charge in [0.15, 0.2) is 0 Å². The highest BCUT2D eigenvalue weighted by atomic mass is 32.1. The number of fused-ring (bicyclic) bond motifs is 1. The number of carbonyl (C=O) groups is 2. The van der Waals surface area contributed by atoms with Crippen LogP contribution in [0.3, 0.4) is 0 Å². The van der Waals surface area contributed by atoms with Crippen LogP contribution in [0.5, 0.6) is 0 Å². The average molecular weight is 286 g/mol. The van der Waals surface area contributed by atoms with Gasteiger partial charge in [-0.3, -0.25) is 4.79 Å². The first-order valence-corrected chi connectivity index (χ1v) is 6.67. The number of rotatable bonds is 3. The third kappa shape index (κ3) is 2.28. The number of aromatic nitrogens is 1. The van der Waals surface area contributed by atoms with Crippen LogP contribution in [0, 0.1) is 0 Å². The van der Waals surface area contributed by atoms with E-state index in [0.717, 1.165) is 22.2 Å². The fourth-order valence-corrected chi connectivity index (χ4v) is 2.63. The Bertz CT molecular complexity index is 803. The summed E-state index contributed by atoms with van der Waals surface area (Å²) >= 11 is 1.03. The minimum Gasteiger partial charge on any atom is -0.477 e. The molecule has 0 radical (unpaired) electrons. The molecule has 20 heavy (non-hydrogen) atoms. The van der Waals surface area contributed by atoms with Crippen molar-refractivity contribution in [2.45, 2.75) is 0 Å². The lowest BCUT2D eigenvalue weighted by atomic mass is 10.1. The number of carbonyl (C=O) groups excluding carboxylic acids is 1. The molecule has 0 atom stereocenters. The first-order valence-electron chi connectivity index (χ1n) is 5.85. The van der Waals surface area contributed by atoms with Gasteiger partial charge in [-0.2, -0.15) is 0 Å². The van der Waals surface area contributed by atoms with E-state index in [4.69, 9.17) is 5.11 Å². The van der Waals surface area contributed by atoms with Gasteiger partial charge in [0.1, 0.15) is 4.88 Å². The van der Waals surface area contributed by atoms with Crippen molar-refractivity contribution in [3.05, 3.63) is 53.0 Å². The maximum Gasteiger partial charge on any atom is 0.345 e. The third-order valence-corrected chi connectivity index (χ3v) is 3.86. The van der Waals surface area contributed by atoms with Crippen molar-refractivity contribution >= 4 is 39.1 Å². The zero-order valence-corrected chi connectivity index (χ0v) is 11.0. The Morgan fingerprint density at radius 1 is 1.15 bits per heavy atom. The van der Waals surface area contributed by atoms with E-state index >= 15 is 0 Å². The molecule has 6 heteroatoms. The molecule has 3 rings (SSSR count). The fraction of sp³-hybridized carbons (Fsp3) is 0. The number of thiophene rings is 1. The summed E-state index contributed by atoms with van der Waals surface area (Å²) in [5, 5.41) is 13.1. The Morgan fingerprint density at radius 3 is 2.75 bits per heavy atom. The third-order valence-electron chi connectivity index (χ3n) is 2.87. The molecule has 100 valence electrons.